The van der Waals surface area contributed by atoms with Gasteiger partial charge >= 0.3 is 5.97 Å². The lowest BCUT2D eigenvalue weighted by atomic mass is 10.1. The number of fused-ring (bicyclic) bond motifs is 1. The molecule has 0 N–H and O–H groups in total. The summed E-state index contributed by atoms with van der Waals surface area (Å²) in [7, 11) is 0. The first-order valence-electron chi connectivity index (χ1n) is 6.99. The Morgan fingerprint density at radius 3 is 2.52 bits per heavy atom. The lowest BCUT2D eigenvalue weighted by Gasteiger charge is -2.13. The predicted octanol–water partition coefficient (Wildman–Crippen LogP) is 2.45. The highest BCUT2D eigenvalue weighted by Gasteiger charge is 2.42. The molecule has 1 heterocycles. The second-order valence-electron chi connectivity index (χ2n) is 5.06. The Hall–Kier alpha value is -3.26. The van der Waals surface area contributed by atoms with Crippen molar-refractivity contribution in [3.63, 3.8) is 0 Å². The summed E-state index contributed by atoms with van der Waals surface area (Å²) in [6.45, 7) is -0.686. The number of hydrogen-bond acceptors (Lipinski definition) is 6. The van der Waals surface area contributed by atoms with E-state index in [4.69, 9.17) is 16.3 Å². The summed E-state index contributed by atoms with van der Waals surface area (Å²) in [4.78, 5) is 47.6. The number of halogens is 1. The lowest BCUT2D eigenvalue weighted by Crippen LogP contribution is -2.36. The Labute approximate surface area is 145 Å². The fourth-order valence-corrected chi connectivity index (χ4v) is 2.60. The molecule has 0 atom stereocenters. The smallest absolute Gasteiger partial charge is 0.331 e. The number of benzene rings is 2. The Bertz CT molecular complexity index is 927. The topological polar surface area (TPSA) is 107 Å². The van der Waals surface area contributed by atoms with Crippen LogP contribution in [0.5, 0.6) is 5.75 Å². The highest BCUT2D eigenvalue weighted by atomic mass is 35.5. The summed E-state index contributed by atoms with van der Waals surface area (Å²) in [6.07, 6.45) is 0. The third kappa shape index (κ3) is 2.94. The summed E-state index contributed by atoms with van der Waals surface area (Å²) in [6, 6.07) is 9.91. The third-order valence-corrected chi connectivity index (χ3v) is 3.83. The normalized spacial score (nSPS) is 12.9. The zero-order valence-electron chi connectivity index (χ0n) is 12.5. The largest absolute Gasteiger partial charge is 0.424 e. The van der Waals surface area contributed by atoms with E-state index >= 15 is 0 Å². The van der Waals surface area contributed by atoms with Crippen molar-refractivity contribution in [2.75, 3.05) is 6.54 Å². The fraction of sp³-hybridized carbons (Fsp3) is 0.0625. The number of esters is 1. The molecule has 25 heavy (non-hydrogen) atoms. The molecule has 1 aliphatic heterocycles. The molecule has 0 fully saturated rings. The van der Waals surface area contributed by atoms with Crippen LogP contribution in [0, 0.1) is 10.1 Å². The van der Waals surface area contributed by atoms with E-state index in [2.05, 4.69) is 0 Å². The number of para-hydroxylation sites is 1. The Kier molecular flexibility index (Phi) is 4.20. The van der Waals surface area contributed by atoms with Crippen LogP contribution in [0.1, 0.15) is 20.7 Å². The third-order valence-electron chi connectivity index (χ3n) is 3.52. The van der Waals surface area contributed by atoms with E-state index in [1.807, 2.05) is 0 Å². The molecule has 0 aromatic heterocycles. The van der Waals surface area contributed by atoms with Gasteiger partial charge in [0.15, 0.2) is 0 Å². The van der Waals surface area contributed by atoms with E-state index in [0.717, 1.165) is 6.07 Å². The zero-order valence-corrected chi connectivity index (χ0v) is 13.2. The number of hydrogen-bond donors (Lipinski definition) is 0. The van der Waals surface area contributed by atoms with Crippen molar-refractivity contribution in [1.29, 1.82) is 0 Å². The number of ether oxygens (including phenoxy) is 1. The monoisotopic (exact) mass is 360 g/mol. The van der Waals surface area contributed by atoms with Crippen LogP contribution in [0.15, 0.2) is 42.5 Å². The van der Waals surface area contributed by atoms with Crippen molar-refractivity contribution in [3.8, 4) is 5.75 Å². The molecule has 2 aromatic rings. The Morgan fingerprint density at radius 1 is 1.12 bits per heavy atom. The second-order valence-corrected chi connectivity index (χ2v) is 5.46. The number of carbonyl (C=O) groups is 3. The van der Waals surface area contributed by atoms with E-state index in [1.54, 1.807) is 12.1 Å². The Balaban J connectivity index is 1.83. The molecule has 0 radical (unpaired) electrons. The summed E-state index contributed by atoms with van der Waals surface area (Å²) in [5.41, 5.74) is -0.939. The number of nitro groups is 1. The van der Waals surface area contributed by atoms with Gasteiger partial charge in [-0.25, -0.2) is 4.79 Å². The van der Waals surface area contributed by atoms with Crippen molar-refractivity contribution in [3.05, 3.63) is 68.7 Å². The SMILES string of the molecule is O=C(CN1C(=O)c2cccc([N+](=O)[O-])c2C1=O)Oc1ccccc1Cl. The van der Waals surface area contributed by atoms with Crippen molar-refractivity contribution >= 4 is 35.1 Å². The molecular formula is C16H9ClN2O6. The summed E-state index contributed by atoms with van der Waals surface area (Å²) in [5, 5.41) is 11.2. The maximum absolute atomic E-state index is 12.4. The predicted molar refractivity (Wildman–Crippen MR) is 85.6 cm³/mol. The summed E-state index contributed by atoms with van der Waals surface area (Å²) in [5.74, 6) is -2.52. The molecule has 126 valence electrons. The number of imide groups is 1. The molecule has 0 aliphatic carbocycles. The van der Waals surface area contributed by atoms with E-state index in [9.17, 15) is 24.5 Å². The second kappa shape index (κ2) is 6.33. The molecule has 0 bridgehead atoms. The van der Waals surface area contributed by atoms with Crippen LogP contribution in [0.3, 0.4) is 0 Å². The van der Waals surface area contributed by atoms with Gasteiger partial charge in [0, 0.05) is 6.07 Å². The zero-order chi connectivity index (χ0) is 18.1. The first-order valence-corrected chi connectivity index (χ1v) is 7.36. The maximum Gasteiger partial charge on any atom is 0.331 e. The number of rotatable bonds is 4. The van der Waals surface area contributed by atoms with Crippen LogP contribution in [0.2, 0.25) is 5.02 Å². The number of amides is 2. The molecule has 0 spiro atoms. The number of nitro benzene ring substituents is 1. The molecule has 0 saturated carbocycles. The van der Waals surface area contributed by atoms with Gasteiger partial charge in [0.2, 0.25) is 0 Å². The van der Waals surface area contributed by atoms with Crippen LogP contribution in [0.4, 0.5) is 5.69 Å². The molecule has 9 heteroatoms. The highest BCUT2D eigenvalue weighted by Crippen LogP contribution is 2.31. The van der Waals surface area contributed by atoms with Gasteiger partial charge in [-0.2, -0.15) is 0 Å². The number of carbonyl (C=O) groups excluding carboxylic acids is 3. The summed E-state index contributed by atoms with van der Waals surface area (Å²) < 4.78 is 5.03. The van der Waals surface area contributed by atoms with Crippen LogP contribution in [-0.4, -0.2) is 34.2 Å². The first kappa shape index (κ1) is 16.6. The van der Waals surface area contributed by atoms with E-state index in [1.165, 1.54) is 24.3 Å². The molecule has 0 saturated heterocycles. The standard InChI is InChI=1S/C16H9ClN2O6/c17-10-5-1-2-7-12(10)25-13(20)8-18-15(21)9-4-3-6-11(19(23)24)14(9)16(18)22/h1-7H,8H2. The fourth-order valence-electron chi connectivity index (χ4n) is 2.42. The van der Waals surface area contributed by atoms with E-state index in [-0.39, 0.29) is 21.9 Å². The molecule has 8 nitrogen and oxygen atoms in total. The average molecular weight is 361 g/mol. The molecule has 2 amide bonds. The van der Waals surface area contributed by atoms with Gasteiger partial charge in [-0.15, -0.1) is 0 Å². The highest BCUT2D eigenvalue weighted by molar-refractivity contribution is 6.32. The Morgan fingerprint density at radius 2 is 1.84 bits per heavy atom. The molecule has 1 aliphatic rings. The molecule has 3 rings (SSSR count). The van der Waals surface area contributed by atoms with Crippen molar-refractivity contribution in [2.45, 2.75) is 0 Å². The van der Waals surface area contributed by atoms with Gasteiger partial charge in [-0.3, -0.25) is 24.6 Å². The maximum atomic E-state index is 12.4. The van der Waals surface area contributed by atoms with Gasteiger partial charge in [-0.1, -0.05) is 29.8 Å². The molecule has 0 unspecified atom stereocenters. The number of nitrogens with zero attached hydrogens (tertiary/aromatic N) is 2. The molecular weight excluding hydrogens is 352 g/mol. The minimum Gasteiger partial charge on any atom is -0.424 e. The quantitative estimate of drug-likeness (QED) is 0.272. The van der Waals surface area contributed by atoms with Gasteiger partial charge in [0.05, 0.1) is 15.5 Å². The van der Waals surface area contributed by atoms with Gasteiger partial charge < -0.3 is 4.74 Å². The van der Waals surface area contributed by atoms with Gasteiger partial charge in [0.25, 0.3) is 17.5 Å². The van der Waals surface area contributed by atoms with Crippen LogP contribution in [0.25, 0.3) is 0 Å². The van der Waals surface area contributed by atoms with Crippen LogP contribution >= 0.6 is 11.6 Å². The van der Waals surface area contributed by atoms with E-state index in [0.29, 0.717) is 4.90 Å². The van der Waals surface area contributed by atoms with E-state index < -0.39 is 34.9 Å². The minimum absolute atomic E-state index is 0.0803. The van der Waals surface area contributed by atoms with Crippen molar-refractivity contribution in [2.24, 2.45) is 0 Å². The lowest BCUT2D eigenvalue weighted by molar-refractivity contribution is -0.385. The van der Waals surface area contributed by atoms with Crippen LogP contribution < -0.4 is 4.74 Å². The van der Waals surface area contributed by atoms with Gasteiger partial charge in [-0.05, 0) is 18.2 Å². The van der Waals surface area contributed by atoms with Crippen molar-refractivity contribution in [1.82, 2.24) is 4.90 Å². The van der Waals surface area contributed by atoms with Crippen molar-refractivity contribution < 1.29 is 24.0 Å². The minimum atomic E-state index is -0.914. The first-order chi connectivity index (χ1) is 11.9. The van der Waals surface area contributed by atoms with Gasteiger partial charge in [0.1, 0.15) is 17.9 Å². The summed E-state index contributed by atoms with van der Waals surface area (Å²) >= 11 is 5.87. The average Bonchev–Trinajstić information content (AvgIpc) is 2.82. The molecule has 2 aromatic carbocycles. The van der Waals surface area contributed by atoms with Crippen LogP contribution in [-0.2, 0) is 4.79 Å².